The molecule has 5 saturated heterocycles. The van der Waals surface area contributed by atoms with Crippen LogP contribution in [0.4, 0.5) is 0 Å². The van der Waals surface area contributed by atoms with E-state index in [-0.39, 0.29) is 28.8 Å². The number of hydrogen-bond donors (Lipinski definition) is 8. The van der Waals surface area contributed by atoms with Crippen LogP contribution in [0.2, 0.25) is 0 Å². The Morgan fingerprint density at radius 3 is 2.00 bits per heavy atom. The molecule has 0 aromatic heterocycles. The lowest BCUT2D eigenvalue weighted by Crippen LogP contribution is -2.67. The van der Waals surface area contributed by atoms with Crippen molar-refractivity contribution in [3.05, 3.63) is 11.6 Å². The number of aliphatic hydroxyl groups is 8. The first-order chi connectivity index (χ1) is 30.6. The first kappa shape index (κ1) is 48.6. The smallest absolute Gasteiger partial charge is 0.302 e. The highest BCUT2D eigenvalue weighted by molar-refractivity contribution is 5.65. The van der Waals surface area contributed by atoms with Crippen LogP contribution in [0.15, 0.2) is 11.6 Å². The summed E-state index contributed by atoms with van der Waals surface area (Å²) in [7, 11) is 0. The molecule has 5 heterocycles. The van der Waals surface area contributed by atoms with Crippen molar-refractivity contribution in [1.82, 2.24) is 0 Å². The first-order valence-corrected chi connectivity index (χ1v) is 24.2. The topological polar surface area (TPSA) is 262 Å². The van der Waals surface area contributed by atoms with Gasteiger partial charge in [0.05, 0.1) is 31.0 Å². The highest BCUT2D eigenvalue weighted by Crippen LogP contribution is 2.72. The quantitative estimate of drug-likeness (QED) is 0.124. The molecule has 0 aromatic carbocycles. The van der Waals surface area contributed by atoms with Gasteiger partial charge in [0, 0.05) is 24.7 Å². The van der Waals surface area contributed by atoms with Crippen molar-refractivity contribution in [2.75, 3.05) is 13.2 Å². The Bertz CT molecular complexity index is 1760. The van der Waals surface area contributed by atoms with Gasteiger partial charge in [0.15, 0.2) is 24.7 Å². The average molecular weight is 927 g/mol. The summed E-state index contributed by atoms with van der Waals surface area (Å²) in [5.41, 5.74) is -0.201. The molecule has 5 aliphatic heterocycles. The van der Waals surface area contributed by atoms with Crippen LogP contribution in [0, 0.1) is 40.4 Å². The van der Waals surface area contributed by atoms with Gasteiger partial charge in [0.1, 0.15) is 73.2 Å². The Kier molecular flexibility index (Phi) is 13.3. The van der Waals surface area contributed by atoms with Gasteiger partial charge in [-0.25, -0.2) is 0 Å². The van der Waals surface area contributed by atoms with Crippen LogP contribution in [-0.4, -0.2) is 176 Å². The largest absolute Gasteiger partial charge is 0.463 e. The van der Waals surface area contributed by atoms with E-state index >= 15 is 0 Å². The number of ether oxygens (including phenoxy) is 9. The molecule has 65 heavy (non-hydrogen) atoms. The van der Waals surface area contributed by atoms with Gasteiger partial charge in [-0.2, -0.15) is 0 Å². The molecule has 1 spiro atoms. The maximum absolute atomic E-state index is 12.9. The van der Waals surface area contributed by atoms with E-state index in [1.54, 1.807) is 0 Å². The molecule has 9 rings (SSSR count). The van der Waals surface area contributed by atoms with E-state index in [2.05, 4.69) is 33.8 Å². The van der Waals surface area contributed by atoms with Gasteiger partial charge in [-0.15, -0.1) is 0 Å². The Labute approximate surface area is 380 Å². The van der Waals surface area contributed by atoms with Gasteiger partial charge < -0.3 is 83.5 Å². The standard InChI is InChI=1S/C47H74O18/c1-20-10-15-46(58-18-20)23(4)47(56)31(65-46)17-29-27-9-8-25-16-26(11-13-44(25,6)28(27)12-14-45(29,47)7)61-43-40(64-42-38(55)36(53)33(50)22(3)60-42)39(34(51)30(62-43)19-57-24(5)48)63-41-37(54)35(52)32(49)21(2)59-41/h8,20-23,26-43,49-56H,9-19H2,1-7H3/t20-,21+,22+,23-,26+,27-,28+,29+,30-,31+,32+,33+,34-,35-,36-,37-,38-,39+,40-,41+,42+,43-,44+,45+,46-,47-/m1/s1. The number of allylic oxidation sites excluding steroid dienone is 1. The van der Waals surface area contributed by atoms with Crippen LogP contribution in [-0.2, 0) is 47.4 Å². The van der Waals surface area contributed by atoms with Gasteiger partial charge in [-0.05, 0) is 94.3 Å². The molecule has 9 aliphatic rings. The molecule has 26 atom stereocenters. The molecule has 0 bridgehead atoms. The minimum atomic E-state index is -1.78. The fourth-order valence-corrected chi connectivity index (χ4v) is 14.1. The third-order valence-corrected chi connectivity index (χ3v) is 18.2. The lowest BCUT2D eigenvalue weighted by atomic mass is 9.46. The lowest BCUT2D eigenvalue weighted by molar-refractivity contribution is -0.393. The van der Waals surface area contributed by atoms with Gasteiger partial charge in [0.25, 0.3) is 0 Å². The van der Waals surface area contributed by atoms with Crippen LogP contribution in [0.25, 0.3) is 0 Å². The van der Waals surface area contributed by atoms with Gasteiger partial charge in [-0.3, -0.25) is 4.79 Å². The molecule has 8 fully saturated rings. The van der Waals surface area contributed by atoms with Crippen LogP contribution in [0.1, 0.15) is 106 Å². The molecule has 370 valence electrons. The molecular formula is C47H74O18. The molecule has 4 aliphatic carbocycles. The summed E-state index contributed by atoms with van der Waals surface area (Å²) in [5.74, 6) is -0.0664. The zero-order valence-corrected chi connectivity index (χ0v) is 38.7. The van der Waals surface area contributed by atoms with E-state index in [9.17, 15) is 45.6 Å². The average Bonchev–Trinajstić information content (AvgIpc) is 3.63. The summed E-state index contributed by atoms with van der Waals surface area (Å²) < 4.78 is 55.9. The van der Waals surface area contributed by atoms with E-state index in [1.807, 2.05) is 0 Å². The van der Waals surface area contributed by atoms with Crippen LogP contribution >= 0.6 is 0 Å². The third-order valence-electron chi connectivity index (χ3n) is 18.2. The van der Waals surface area contributed by atoms with Crippen LogP contribution in [0.5, 0.6) is 0 Å². The third kappa shape index (κ3) is 7.89. The van der Waals surface area contributed by atoms with Crippen molar-refractivity contribution in [3.63, 3.8) is 0 Å². The normalized spacial score (nSPS) is 56.6. The number of hydrogen-bond acceptors (Lipinski definition) is 18. The van der Waals surface area contributed by atoms with E-state index in [0.29, 0.717) is 37.2 Å². The van der Waals surface area contributed by atoms with E-state index < -0.39 is 122 Å². The molecule has 0 aromatic rings. The second kappa shape index (κ2) is 17.8. The number of fused-ring (bicyclic) bond motifs is 7. The lowest BCUT2D eigenvalue weighted by Gasteiger charge is -2.60. The number of aliphatic hydroxyl groups excluding tert-OH is 7. The molecule has 0 unspecified atom stereocenters. The summed E-state index contributed by atoms with van der Waals surface area (Å²) in [6, 6.07) is 0. The van der Waals surface area contributed by atoms with Crippen molar-refractivity contribution in [3.8, 4) is 0 Å². The Morgan fingerprint density at radius 1 is 0.738 bits per heavy atom. The van der Waals surface area contributed by atoms with Crippen molar-refractivity contribution in [1.29, 1.82) is 0 Å². The zero-order valence-electron chi connectivity index (χ0n) is 38.7. The van der Waals surface area contributed by atoms with Crippen molar-refractivity contribution >= 4 is 5.97 Å². The summed E-state index contributed by atoms with van der Waals surface area (Å²) in [6.07, 6.45) is -13.4. The second-order valence-electron chi connectivity index (χ2n) is 21.8. The molecule has 18 nitrogen and oxygen atoms in total. The predicted molar refractivity (Wildman–Crippen MR) is 224 cm³/mol. The maximum Gasteiger partial charge on any atom is 0.302 e. The molecule has 8 N–H and O–H groups in total. The number of rotatable bonds is 8. The predicted octanol–water partition coefficient (Wildman–Crippen LogP) is 0.927. The molecule has 0 amide bonds. The Balaban J connectivity index is 0.964. The minimum absolute atomic E-state index is 0.145. The zero-order chi connectivity index (χ0) is 46.7. The Morgan fingerprint density at radius 2 is 1.38 bits per heavy atom. The van der Waals surface area contributed by atoms with Crippen molar-refractivity contribution in [2.45, 2.75) is 222 Å². The summed E-state index contributed by atoms with van der Waals surface area (Å²) in [5, 5.41) is 89.0. The number of carbonyl (C=O) groups is 1. The fraction of sp³-hybridized carbons (Fsp3) is 0.936. The molecule has 0 radical (unpaired) electrons. The number of carbonyl (C=O) groups excluding carboxylic acids is 1. The Hall–Kier alpha value is -1.43. The van der Waals surface area contributed by atoms with Gasteiger partial charge in [0.2, 0.25) is 0 Å². The van der Waals surface area contributed by atoms with Crippen molar-refractivity contribution in [2.24, 2.45) is 40.4 Å². The van der Waals surface area contributed by atoms with E-state index in [4.69, 9.17) is 42.6 Å². The van der Waals surface area contributed by atoms with Crippen molar-refractivity contribution < 1.29 is 88.3 Å². The van der Waals surface area contributed by atoms with E-state index in [1.165, 1.54) is 26.3 Å². The van der Waals surface area contributed by atoms with Crippen LogP contribution < -0.4 is 0 Å². The monoisotopic (exact) mass is 926 g/mol. The SMILES string of the molecule is CC(=O)OC[C@H]1O[C@@H](O[C@H]2CC[C@@]3(C)C(=CC[C@@H]4[C@@H]3CC[C@@]3(C)[C@H]4C[C@@H]4O[C@]5(CC[C@@H](C)CO5)[C@@H](C)[C@@]43O)C2)[C@H](O[C@@H]2O[C@@H](C)[C@H](O)[C@@H](O)[C@H]2O)[C@@H](O[C@@H]2O[C@@H](C)[C@H](O)[C@@H](O)[C@H]2O)[C@@H]1O. The molecular weight excluding hydrogens is 852 g/mol. The highest BCUT2D eigenvalue weighted by atomic mass is 16.8. The first-order valence-electron chi connectivity index (χ1n) is 24.2. The summed E-state index contributed by atoms with van der Waals surface area (Å²) >= 11 is 0. The van der Waals surface area contributed by atoms with Crippen LogP contribution in [0.3, 0.4) is 0 Å². The fourth-order valence-electron chi connectivity index (χ4n) is 14.1. The van der Waals surface area contributed by atoms with Gasteiger partial charge >= 0.3 is 5.97 Å². The van der Waals surface area contributed by atoms with Gasteiger partial charge in [-0.1, -0.05) is 39.3 Å². The second-order valence-corrected chi connectivity index (χ2v) is 21.8. The highest BCUT2D eigenvalue weighted by Gasteiger charge is 2.76. The minimum Gasteiger partial charge on any atom is -0.463 e. The summed E-state index contributed by atoms with van der Waals surface area (Å²) in [4.78, 5) is 12.0. The summed E-state index contributed by atoms with van der Waals surface area (Å²) in [6.45, 7) is 13.4. The molecule has 18 heteroatoms. The maximum atomic E-state index is 12.9. The van der Waals surface area contributed by atoms with E-state index in [0.717, 1.165) is 44.9 Å². The molecule has 3 saturated carbocycles. The number of esters is 1.